The Labute approximate surface area is 122 Å². The van der Waals surface area contributed by atoms with Crippen LogP contribution in [0.4, 0.5) is 0 Å². The maximum Gasteiger partial charge on any atom is 0.228 e. The molecule has 3 aliphatic rings. The lowest BCUT2D eigenvalue weighted by atomic mass is 9.88. The summed E-state index contributed by atoms with van der Waals surface area (Å²) >= 11 is 0. The van der Waals surface area contributed by atoms with Crippen molar-refractivity contribution >= 4 is 5.91 Å². The Balaban J connectivity index is 1.68. The first-order valence-corrected chi connectivity index (χ1v) is 8.27. The third-order valence-corrected chi connectivity index (χ3v) is 5.38. The Morgan fingerprint density at radius 3 is 2.45 bits per heavy atom. The highest BCUT2D eigenvalue weighted by molar-refractivity contribution is 5.80. The topological polar surface area (TPSA) is 41.6 Å². The van der Waals surface area contributed by atoms with Gasteiger partial charge in [0.2, 0.25) is 5.91 Å². The number of amides is 1. The number of nitrogens with zero attached hydrogens (tertiary/aromatic N) is 1. The number of hydrogen-bond acceptors (Lipinski definition) is 3. The first-order chi connectivity index (χ1) is 9.58. The number of rotatable bonds is 4. The maximum atomic E-state index is 13.0. The molecule has 0 radical (unpaired) electrons. The second-order valence-electron chi connectivity index (χ2n) is 6.95. The summed E-state index contributed by atoms with van der Waals surface area (Å²) < 4.78 is 5.86. The van der Waals surface area contributed by atoms with Gasteiger partial charge in [0.1, 0.15) is 0 Å². The smallest absolute Gasteiger partial charge is 0.228 e. The van der Waals surface area contributed by atoms with Crippen molar-refractivity contribution in [1.29, 1.82) is 0 Å². The van der Waals surface area contributed by atoms with Crippen LogP contribution >= 0.6 is 0 Å². The Morgan fingerprint density at radius 2 is 1.95 bits per heavy atom. The Morgan fingerprint density at radius 1 is 1.20 bits per heavy atom. The van der Waals surface area contributed by atoms with E-state index in [2.05, 4.69) is 31.0 Å². The summed E-state index contributed by atoms with van der Waals surface area (Å²) in [6.07, 6.45) is 5.08. The number of hydrogen-bond donors (Lipinski definition) is 1. The molecule has 3 rings (SSSR count). The second kappa shape index (κ2) is 5.64. The molecule has 5 atom stereocenters. The summed E-state index contributed by atoms with van der Waals surface area (Å²) in [7, 11) is 0. The monoisotopic (exact) mass is 280 g/mol. The summed E-state index contributed by atoms with van der Waals surface area (Å²) in [5.41, 5.74) is 0. The van der Waals surface area contributed by atoms with Crippen molar-refractivity contribution in [3.05, 3.63) is 0 Å². The van der Waals surface area contributed by atoms with E-state index in [-0.39, 0.29) is 18.1 Å². The lowest BCUT2D eigenvalue weighted by Gasteiger charge is -2.30. The van der Waals surface area contributed by atoms with E-state index in [1.165, 1.54) is 25.7 Å². The minimum Gasteiger partial charge on any atom is -0.374 e. The summed E-state index contributed by atoms with van der Waals surface area (Å²) in [5, 5.41) is 3.52. The van der Waals surface area contributed by atoms with Crippen LogP contribution in [0.5, 0.6) is 0 Å². The number of nitrogens with one attached hydrogen (secondary N) is 1. The van der Waals surface area contributed by atoms with Gasteiger partial charge >= 0.3 is 0 Å². The molecule has 0 aromatic carbocycles. The van der Waals surface area contributed by atoms with Crippen LogP contribution in [0.3, 0.4) is 0 Å². The molecule has 1 saturated carbocycles. The molecule has 114 valence electrons. The standard InChI is InChI=1S/C16H28N2O2/c1-10-11(2)20-12(3)15(10)16(19)18(14-6-7-14)9-13-5-4-8-17-13/h10-15,17H,4-9H2,1-3H3. The van der Waals surface area contributed by atoms with Crippen molar-refractivity contribution in [2.75, 3.05) is 13.1 Å². The predicted molar refractivity (Wildman–Crippen MR) is 78.4 cm³/mol. The molecule has 2 saturated heterocycles. The van der Waals surface area contributed by atoms with Gasteiger partial charge < -0.3 is 15.0 Å². The SMILES string of the molecule is CC1OC(C)C(C(=O)N(CC2CCCN2)C2CC2)C1C. The summed E-state index contributed by atoms with van der Waals surface area (Å²) in [6.45, 7) is 8.31. The Kier molecular flexibility index (Phi) is 4.04. The van der Waals surface area contributed by atoms with E-state index in [0.717, 1.165) is 13.1 Å². The molecule has 2 aliphatic heterocycles. The van der Waals surface area contributed by atoms with Crippen molar-refractivity contribution in [3.63, 3.8) is 0 Å². The van der Waals surface area contributed by atoms with Crippen LogP contribution in [0.25, 0.3) is 0 Å². The fourth-order valence-electron chi connectivity index (χ4n) is 3.84. The zero-order valence-corrected chi connectivity index (χ0v) is 13.0. The minimum atomic E-state index is 0.0482. The van der Waals surface area contributed by atoms with Crippen molar-refractivity contribution in [2.45, 2.75) is 70.7 Å². The average Bonchev–Trinajstić information content (AvgIpc) is 3.05. The van der Waals surface area contributed by atoms with Crippen LogP contribution in [0.1, 0.15) is 46.5 Å². The molecule has 3 fully saturated rings. The summed E-state index contributed by atoms with van der Waals surface area (Å²) in [6, 6.07) is 1.00. The first-order valence-electron chi connectivity index (χ1n) is 8.27. The van der Waals surface area contributed by atoms with Gasteiger partial charge in [0.25, 0.3) is 0 Å². The van der Waals surface area contributed by atoms with Crippen molar-refractivity contribution in [2.24, 2.45) is 11.8 Å². The molecular weight excluding hydrogens is 252 g/mol. The van der Waals surface area contributed by atoms with Gasteiger partial charge in [0, 0.05) is 18.6 Å². The van der Waals surface area contributed by atoms with Crippen molar-refractivity contribution in [3.8, 4) is 0 Å². The highest BCUT2D eigenvalue weighted by atomic mass is 16.5. The van der Waals surface area contributed by atoms with Gasteiger partial charge in [-0.25, -0.2) is 0 Å². The molecule has 1 amide bonds. The minimum absolute atomic E-state index is 0.0482. The van der Waals surface area contributed by atoms with E-state index in [4.69, 9.17) is 4.74 Å². The van der Waals surface area contributed by atoms with E-state index >= 15 is 0 Å². The molecule has 0 aromatic rings. The van der Waals surface area contributed by atoms with Crippen LogP contribution in [-0.2, 0) is 9.53 Å². The summed E-state index contributed by atoms with van der Waals surface area (Å²) in [5.74, 6) is 0.716. The molecule has 0 bridgehead atoms. The Bertz CT molecular complexity index is 363. The third-order valence-electron chi connectivity index (χ3n) is 5.38. The quantitative estimate of drug-likeness (QED) is 0.853. The highest BCUT2D eigenvalue weighted by Gasteiger charge is 2.46. The molecule has 4 heteroatoms. The van der Waals surface area contributed by atoms with Gasteiger partial charge in [-0.15, -0.1) is 0 Å². The van der Waals surface area contributed by atoms with Crippen molar-refractivity contribution in [1.82, 2.24) is 10.2 Å². The van der Waals surface area contributed by atoms with Crippen LogP contribution in [0.15, 0.2) is 0 Å². The van der Waals surface area contributed by atoms with Crippen LogP contribution in [0.2, 0.25) is 0 Å². The molecule has 0 aromatic heterocycles. The van der Waals surface area contributed by atoms with Crippen LogP contribution in [-0.4, -0.2) is 48.2 Å². The van der Waals surface area contributed by atoms with E-state index < -0.39 is 0 Å². The molecular formula is C16H28N2O2. The van der Waals surface area contributed by atoms with E-state index in [9.17, 15) is 4.79 Å². The molecule has 1 aliphatic carbocycles. The van der Waals surface area contributed by atoms with Crippen molar-refractivity contribution < 1.29 is 9.53 Å². The van der Waals surface area contributed by atoms with Crippen LogP contribution < -0.4 is 5.32 Å². The molecule has 2 heterocycles. The third kappa shape index (κ3) is 2.73. The number of ether oxygens (including phenoxy) is 1. The molecule has 1 N–H and O–H groups in total. The lowest BCUT2D eigenvalue weighted by molar-refractivity contribution is -0.138. The molecule has 5 unspecified atom stereocenters. The van der Waals surface area contributed by atoms with Gasteiger partial charge in [-0.3, -0.25) is 4.79 Å². The normalized spacial score (nSPS) is 41.0. The van der Waals surface area contributed by atoms with E-state index in [1.54, 1.807) is 0 Å². The number of carbonyl (C=O) groups is 1. The fraction of sp³-hybridized carbons (Fsp3) is 0.938. The zero-order valence-electron chi connectivity index (χ0n) is 13.0. The Hall–Kier alpha value is -0.610. The van der Waals surface area contributed by atoms with Gasteiger partial charge in [0.15, 0.2) is 0 Å². The van der Waals surface area contributed by atoms with E-state index in [1.807, 2.05) is 0 Å². The number of carbonyl (C=O) groups excluding carboxylic acids is 1. The van der Waals surface area contributed by atoms with Crippen LogP contribution in [0, 0.1) is 11.8 Å². The zero-order chi connectivity index (χ0) is 14.3. The predicted octanol–water partition coefficient (Wildman–Crippen LogP) is 1.79. The molecule has 0 spiro atoms. The lowest BCUT2D eigenvalue weighted by Crippen LogP contribution is -2.47. The van der Waals surface area contributed by atoms with Gasteiger partial charge in [-0.2, -0.15) is 0 Å². The fourth-order valence-corrected chi connectivity index (χ4v) is 3.84. The molecule has 4 nitrogen and oxygen atoms in total. The second-order valence-corrected chi connectivity index (χ2v) is 6.95. The van der Waals surface area contributed by atoms with E-state index in [0.29, 0.717) is 23.9 Å². The average molecular weight is 280 g/mol. The summed E-state index contributed by atoms with van der Waals surface area (Å²) in [4.78, 5) is 15.2. The largest absolute Gasteiger partial charge is 0.374 e. The maximum absolute atomic E-state index is 13.0. The highest BCUT2D eigenvalue weighted by Crippen LogP contribution is 2.37. The first kappa shape index (κ1) is 14.3. The van der Waals surface area contributed by atoms with Gasteiger partial charge in [-0.1, -0.05) is 6.92 Å². The van der Waals surface area contributed by atoms with Gasteiger partial charge in [0.05, 0.1) is 18.1 Å². The van der Waals surface area contributed by atoms with Gasteiger partial charge in [-0.05, 0) is 52.0 Å². The molecule has 20 heavy (non-hydrogen) atoms.